The maximum Gasteiger partial charge on any atom is 0.287 e. The maximum atomic E-state index is 12.3. The first kappa shape index (κ1) is 16.1. The molecule has 3 heterocycles. The van der Waals surface area contributed by atoms with Crippen LogP contribution in [0.25, 0.3) is 0 Å². The van der Waals surface area contributed by atoms with Crippen LogP contribution < -0.4 is 5.32 Å². The van der Waals surface area contributed by atoms with Crippen LogP contribution in [0, 0.1) is 13.8 Å². The fraction of sp³-hybridized carbons (Fsp3) is 0.389. The standard InChI is InChI=1S/C18H19N3O3S/c1-10-15(11(2)24-21-10)7-14-5-6-16(23-14)17(22)19-8-13-9-25-18(20-13)12-3-4-12/h5-6,9,12H,3-4,7-8H2,1-2H3,(H,19,22). The molecule has 1 aliphatic carbocycles. The van der Waals surface area contributed by atoms with Crippen molar-refractivity contribution < 1.29 is 13.7 Å². The molecular formula is C18H19N3O3S. The summed E-state index contributed by atoms with van der Waals surface area (Å²) in [4.78, 5) is 16.8. The zero-order chi connectivity index (χ0) is 17.4. The molecule has 3 aromatic rings. The molecule has 3 aromatic heterocycles. The topological polar surface area (TPSA) is 81.2 Å². The van der Waals surface area contributed by atoms with E-state index in [1.807, 2.05) is 25.3 Å². The van der Waals surface area contributed by atoms with Gasteiger partial charge in [-0.15, -0.1) is 11.3 Å². The minimum Gasteiger partial charge on any atom is -0.456 e. The van der Waals surface area contributed by atoms with Gasteiger partial charge in [0.05, 0.1) is 22.9 Å². The van der Waals surface area contributed by atoms with Crippen LogP contribution in [0.4, 0.5) is 0 Å². The van der Waals surface area contributed by atoms with Crippen molar-refractivity contribution in [2.45, 2.75) is 45.6 Å². The van der Waals surface area contributed by atoms with Crippen molar-refractivity contribution in [1.82, 2.24) is 15.5 Å². The van der Waals surface area contributed by atoms with Gasteiger partial charge in [-0.1, -0.05) is 5.16 Å². The predicted octanol–water partition coefficient (Wildman–Crippen LogP) is 3.74. The van der Waals surface area contributed by atoms with Crippen molar-refractivity contribution in [2.75, 3.05) is 0 Å². The quantitative estimate of drug-likeness (QED) is 0.727. The third-order valence-corrected chi connectivity index (χ3v) is 5.40. The van der Waals surface area contributed by atoms with Gasteiger partial charge in [-0.05, 0) is 38.8 Å². The molecule has 7 heteroatoms. The van der Waals surface area contributed by atoms with Gasteiger partial charge in [0.25, 0.3) is 5.91 Å². The molecule has 25 heavy (non-hydrogen) atoms. The number of hydrogen-bond acceptors (Lipinski definition) is 6. The number of carbonyl (C=O) groups excluding carboxylic acids is 1. The lowest BCUT2D eigenvalue weighted by atomic mass is 10.1. The van der Waals surface area contributed by atoms with Crippen molar-refractivity contribution in [3.05, 3.63) is 56.8 Å². The lowest BCUT2D eigenvalue weighted by molar-refractivity contribution is 0.0921. The third kappa shape index (κ3) is 3.51. The number of rotatable bonds is 6. The summed E-state index contributed by atoms with van der Waals surface area (Å²) in [5, 5.41) is 9.99. The number of aryl methyl sites for hydroxylation is 2. The van der Waals surface area contributed by atoms with Gasteiger partial charge in [0.2, 0.25) is 0 Å². The van der Waals surface area contributed by atoms with Gasteiger partial charge in [0, 0.05) is 23.3 Å². The zero-order valence-corrected chi connectivity index (χ0v) is 15.0. The molecular weight excluding hydrogens is 338 g/mol. The van der Waals surface area contributed by atoms with Gasteiger partial charge in [-0.25, -0.2) is 4.98 Å². The number of furan rings is 1. The first-order valence-electron chi connectivity index (χ1n) is 8.33. The molecule has 0 spiro atoms. The minimum atomic E-state index is -0.231. The SMILES string of the molecule is Cc1noc(C)c1Cc1ccc(C(=O)NCc2csc(C3CC3)n2)o1. The normalized spacial score (nSPS) is 14.0. The summed E-state index contributed by atoms with van der Waals surface area (Å²) < 4.78 is 10.8. The summed E-state index contributed by atoms with van der Waals surface area (Å²) in [6, 6.07) is 3.51. The lowest BCUT2D eigenvalue weighted by Crippen LogP contribution is -2.22. The highest BCUT2D eigenvalue weighted by Crippen LogP contribution is 2.41. The fourth-order valence-corrected chi connectivity index (χ4v) is 3.69. The van der Waals surface area contributed by atoms with E-state index in [4.69, 9.17) is 8.94 Å². The largest absolute Gasteiger partial charge is 0.456 e. The van der Waals surface area contributed by atoms with E-state index in [9.17, 15) is 4.79 Å². The molecule has 6 nitrogen and oxygen atoms in total. The van der Waals surface area contributed by atoms with Crippen LogP contribution >= 0.6 is 11.3 Å². The molecule has 1 amide bonds. The second-order valence-electron chi connectivity index (χ2n) is 6.38. The first-order chi connectivity index (χ1) is 12.1. The molecule has 1 N–H and O–H groups in total. The average Bonchev–Trinajstić information content (AvgIpc) is 3.03. The number of hydrogen-bond donors (Lipinski definition) is 1. The molecule has 1 fully saturated rings. The molecule has 1 saturated carbocycles. The van der Waals surface area contributed by atoms with Crippen LogP contribution in [-0.4, -0.2) is 16.0 Å². The number of amides is 1. The second kappa shape index (κ2) is 6.48. The Balaban J connectivity index is 1.36. The Hall–Kier alpha value is -2.41. The highest BCUT2D eigenvalue weighted by atomic mass is 32.1. The highest BCUT2D eigenvalue weighted by molar-refractivity contribution is 7.09. The molecule has 0 radical (unpaired) electrons. The van der Waals surface area contributed by atoms with Gasteiger partial charge in [-0.3, -0.25) is 4.79 Å². The second-order valence-corrected chi connectivity index (χ2v) is 7.27. The maximum absolute atomic E-state index is 12.3. The molecule has 0 atom stereocenters. The molecule has 4 rings (SSSR count). The van der Waals surface area contributed by atoms with Crippen LogP contribution in [0.2, 0.25) is 0 Å². The Kier molecular flexibility index (Phi) is 4.17. The summed E-state index contributed by atoms with van der Waals surface area (Å²) in [6.45, 7) is 4.18. The van der Waals surface area contributed by atoms with E-state index in [1.54, 1.807) is 17.4 Å². The molecule has 0 aliphatic heterocycles. The molecule has 130 valence electrons. The van der Waals surface area contributed by atoms with Crippen LogP contribution in [0.1, 0.15) is 62.8 Å². The summed E-state index contributed by atoms with van der Waals surface area (Å²) in [5.74, 6) is 2.20. The Morgan fingerprint density at radius 1 is 1.36 bits per heavy atom. The highest BCUT2D eigenvalue weighted by Gasteiger charge is 2.26. The third-order valence-electron chi connectivity index (χ3n) is 4.34. The predicted molar refractivity (Wildman–Crippen MR) is 92.8 cm³/mol. The molecule has 0 unspecified atom stereocenters. The number of nitrogens with zero attached hydrogens (tertiary/aromatic N) is 2. The number of nitrogens with one attached hydrogen (secondary N) is 1. The molecule has 0 saturated heterocycles. The zero-order valence-electron chi connectivity index (χ0n) is 14.2. The van der Waals surface area contributed by atoms with Gasteiger partial charge >= 0.3 is 0 Å². The van der Waals surface area contributed by atoms with E-state index in [1.165, 1.54) is 17.8 Å². The van der Waals surface area contributed by atoms with Crippen LogP contribution in [0.3, 0.4) is 0 Å². The van der Waals surface area contributed by atoms with E-state index in [0.29, 0.717) is 30.4 Å². The lowest BCUT2D eigenvalue weighted by Gasteiger charge is -2.01. The van der Waals surface area contributed by atoms with Crippen molar-refractivity contribution in [2.24, 2.45) is 0 Å². The van der Waals surface area contributed by atoms with E-state index >= 15 is 0 Å². The smallest absolute Gasteiger partial charge is 0.287 e. The summed E-state index contributed by atoms with van der Waals surface area (Å²) in [7, 11) is 0. The Bertz CT molecular complexity index is 885. The van der Waals surface area contributed by atoms with Crippen molar-refractivity contribution >= 4 is 17.2 Å². The minimum absolute atomic E-state index is 0.231. The van der Waals surface area contributed by atoms with Crippen molar-refractivity contribution in [3.63, 3.8) is 0 Å². The van der Waals surface area contributed by atoms with E-state index < -0.39 is 0 Å². The molecule has 0 aromatic carbocycles. The van der Waals surface area contributed by atoms with Crippen LogP contribution in [0.5, 0.6) is 0 Å². The molecule has 0 bridgehead atoms. The Morgan fingerprint density at radius 2 is 2.20 bits per heavy atom. The summed E-state index contributed by atoms with van der Waals surface area (Å²) in [6.07, 6.45) is 3.03. The Morgan fingerprint density at radius 3 is 2.92 bits per heavy atom. The number of aromatic nitrogens is 2. The van der Waals surface area contributed by atoms with E-state index in [2.05, 4.69) is 15.5 Å². The fourth-order valence-electron chi connectivity index (χ4n) is 2.70. The summed E-state index contributed by atoms with van der Waals surface area (Å²) >= 11 is 1.68. The van der Waals surface area contributed by atoms with Gasteiger partial charge in [0.15, 0.2) is 5.76 Å². The van der Waals surface area contributed by atoms with Gasteiger partial charge in [-0.2, -0.15) is 0 Å². The van der Waals surface area contributed by atoms with E-state index in [-0.39, 0.29) is 5.91 Å². The number of thiazole rings is 1. The molecule has 1 aliphatic rings. The first-order valence-corrected chi connectivity index (χ1v) is 9.21. The summed E-state index contributed by atoms with van der Waals surface area (Å²) in [5.41, 5.74) is 2.74. The number of carbonyl (C=O) groups is 1. The Labute approximate surface area is 149 Å². The monoisotopic (exact) mass is 357 g/mol. The van der Waals surface area contributed by atoms with Crippen LogP contribution in [-0.2, 0) is 13.0 Å². The van der Waals surface area contributed by atoms with Gasteiger partial charge < -0.3 is 14.3 Å². The van der Waals surface area contributed by atoms with E-state index in [0.717, 1.165) is 22.7 Å². The van der Waals surface area contributed by atoms with Gasteiger partial charge in [0.1, 0.15) is 11.5 Å². The van der Waals surface area contributed by atoms with Crippen molar-refractivity contribution in [3.8, 4) is 0 Å². The van der Waals surface area contributed by atoms with Crippen LogP contribution in [0.15, 0.2) is 26.5 Å². The van der Waals surface area contributed by atoms with Crippen molar-refractivity contribution in [1.29, 1.82) is 0 Å². The average molecular weight is 357 g/mol.